The Labute approximate surface area is 88.9 Å². The van der Waals surface area contributed by atoms with Gasteiger partial charge >= 0.3 is 0 Å². The third-order valence-corrected chi connectivity index (χ3v) is 2.43. The lowest BCUT2D eigenvalue weighted by molar-refractivity contribution is -0.122. The molecule has 0 aromatic heterocycles. The zero-order valence-corrected chi connectivity index (χ0v) is 8.73. The van der Waals surface area contributed by atoms with Crippen LogP contribution in [0.2, 0.25) is 0 Å². The zero-order valence-electron chi connectivity index (χ0n) is 8.73. The second-order valence-corrected chi connectivity index (χ2v) is 3.95. The first-order chi connectivity index (χ1) is 6.92. The molecule has 0 fully saturated rings. The highest BCUT2D eigenvalue weighted by Gasteiger charge is 2.24. The van der Waals surface area contributed by atoms with Crippen LogP contribution in [-0.2, 0) is 11.2 Å². The third-order valence-electron chi connectivity index (χ3n) is 2.43. The predicted octanol–water partition coefficient (Wildman–Crippen LogP) is 0.528. The Hall–Kier alpha value is -1.55. The van der Waals surface area contributed by atoms with E-state index in [2.05, 4.69) is 0 Å². The van der Waals surface area contributed by atoms with Crippen LogP contribution in [0.3, 0.4) is 0 Å². The summed E-state index contributed by atoms with van der Waals surface area (Å²) in [5, 5.41) is 9.07. The van der Waals surface area contributed by atoms with E-state index in [0.717, 1.165) is 5.56 Å². The molecular formula is C11H16N2O2. The number of hydrogen-bond donors (Lipinski definition) is 3. The topological polar surface area (TPSA) is 89.3 Å². The smallest absolute Gasteiger partial charge is 0.237 e. The van der Waals surface area contributed by atoms with Crippen LogP contribution >= 0.6 is 0 Å². The van der Waals surface area contributed by atoms with Gasteiger partial charge < -0.3 is 16.6 Å². The van der Waals surface area contributed by atoms with Crippen molar-refractivity contribution in [1.82, 2.24) is 0 Å². The van der Waals surface area contributed by atoms with Crippen LogP contribution in [0.4, 0.5) is 0 Å². The standard InChI is InChI=1S/C11H16N2O2/c1-11(13,10(12)15)7-6-8-2-4-9(14)5-3-8/h2-5,14H,6-7,13H2,1H3,(H2,12,15). The highest BCUT2D eigenvalue weighted by molar-refractivity contribution is 5.83. The van der Waals surface area contributed by atoms with Gasteiger partial charge in [0.25, 0.3) is 0 Å². The van der Waals surface area contributed by atoms with Gasteiger partial charge in [-0.25, -0.2) is 0 Å². The Kier molecular flexibility index (Phi) is 3.31. The number of aromatic hydroxyl groups is 1. The molecule has 0 aliphatic rings. The van der Waals surface area contributed by atoms with Crippen molar-refractivity contribution in [2.45, 2.75) is 25.3 Å². The molecule has 4 nitrogen and oxygen atoms in total. The number of phenols is 1. The van der Waals surface area contributed by atoms with Gasteiger partial charge in [-0.3, -0.25) is 4.79 Å². The Balaban J connectivity index is 2.57. The van der Waals surface area contributed by atoms with Gasteiger partial charge in [-0.05, 0) is 37.5 Å². The van der Waals surface area contributed by atoms with Crippen molar-refractivity contribution in [2.75, 3.05) is 0 Å². The number of rotatable bonds is 4. The van der Waals surface area contributed by atoms with E-state index in [0.29, 0.717) is 12.8 Å². The van der Waals surface area contributed by atoms with Crippen LogP contribution in [0.25, 0.3) is 0 Å². The number of phenolic OH excluding ortho intramolecular Hbond substituents is 1. The fourth-order valence-electron chi connectivity index (χ4n) is 1.19. The molecule has 4 heteroatoms. The van der Waals surface area contributed by atoms with E-state index in [-0.39, 0.29) is 5.75 Å². The van der Waals surface area contributed by atoms with Crippen molar-refractivity contribution in [1.29, 1.82) is 0 Å². The van der Waals surface area contributed by atoms with Crippen LogP contribution in [0, 0.1) is 0 Å². The Bertz CT molecular complexity index is 344. The molecule has 1 atom stereocenters. The largest absolute Gasteiger partial charge is 0.508 e. The number of hydrogen-bond acceptors (Lipinski definition) is 3. The average molecular weight is 208 g/mol. The molecular weight excluding hydrogens is 192 g/mol. The molecule has 1 aromatic rings. The summed E-state index contributed by atoms with van der Waals surface area (Å²) in [7, 11) is 0. The van der Waals surface area contributed by atoms with Crippen LogP contribution < -0.4 is 11.5 Å². The van der Waals surface area contributed by atoms with Crippen molar-refractivity contribution < 1.29 is 9.90 Å². The van der Waals surface area contributed by atoms with Crippen molar-refractivity contribution in [3.05, 3.63) is 29.8 Å². The molecule has 1 unspecified atom stereocenters. The number of carbonyl (C=O) groups excluding carboxylic acids is 1. The molecule has 1 amide bonds. The fraction of sp³-hybridized carbons (Fsp3) is 0.364. The molecule has 0 bridgehead atoms. The Morgan fingerprint density at radius 1 is 1.40 bits per heavy atom. The number of benzene rings is 1. The quantitative estimate of drug-likeness (QED) is 0.674. The SMILES string of the molecule is CC(N)(CCc1ccc(O)cc1)C(N)=O. The molecule has 0 spiro atoms. The minimum Gasteiger partial charge on any atom is -0.508 e. The Morgan fingerprint density at radius 2 is 1.93 bits per heavy atom. The van der Waals surface area contributed by atoms with E-state index < -0.39 is 11.4 Å². The zero-order chi connectivity index (χ0) is 11.5. The molecule has 0 saturated carbocycles. The van der Waals surface area contributed by atoms with Crippen molar-refractivity contribution in [2.24, 2.45) is 11.5 Å². The maximum Gasteiger partial charge on any atom is 0.237 e. The van der Waals surface area contributed by atoms with Crippen LogP contribution in [0.15, 0.2) is 24.3 Å². The lowest BCUT2D eigenvalue weighted by atomic mass is 9.94. The lowest BCUT2D eigenvalue weighted by Gasteiger charge is -2.20. The lowest BCUT2D eigenvalue weighted by Crippen LogP contribution is -2.49. The number of nitrogens with two attached hydrogens (primary N) is 2. The van der Waals surface area contributed by atoms with Crippen LogP contribution in [0.1, 0.15) is 18.9 Å². The van der Waals surface area contributed by atoms with E-state index in [9.17, 15) is 4.79 Å². The van der Waals surface area contributed by atoms with Crippen molar-refractivity contribution >= 4 is 5.91 Å². The summed E-state index contributed by atoms with van der Waals surface area (Å²) in [5.41, 5.74) is 10.9. The van der Waals surface area contributed by atoms with Gasteiger partial charge in [-0.1, -0.05) is 12.1 Å². The average Bonchev–Trinajstić information content (AvgIpc) is 2.17. The highest BCUT2D eigenvalue weighted by atomic mass is 16.3. The number of carbonyl (C=O) groups is 1. The van der Waals surface area contributed by atoms with Gasteiger partial charge in [0.15, 0.2) is 0 Å². The number of amides is 1. The maximum absolute atomic E-state index is 11.0. The highest BCUT2D eigenvalue weighted by Crippen LogP contribution is 2.14. The van der Waals surface area contributed by atoms with Gasteiger partial charge in [0, 0.05) is 0 Å². The number of primary amides is 1. The summed E-state index contributed by atoms with van der Waals surface area (Å²) in [6, 6.07) is 6.81. The van der Waals surface area contributed by atoms with Crippen molar-refractivity contribution in [3.63, 3.8) is 0 Å². The van der Waals surface area contributed by atoms with Gasteiger partial charge in [-0.2, -0.15) is 0 Å². The first kappa shape index (κ1) is 11.5. The molecule has 0 aliphatic carbocycles. The summed E-state index contributed by atoms with van der Waals surface area (Å²) in [5.74, 6) is -0.273. The van der Waals surface area contributed by atoms with Gasteiger partial charge in [0.1, 0.15) is 5.75 Å². The van der Waals surface area contributed by atoms with Gasteiger partial charge in [0.05, 0.1) is 5.54 Å². The number of aryl methyl sites for hydroxylation is 1. The minimum absolute atomic E-state index is 0.226. The van der Waals surface area contributed by atoms with E-state index in [1.807, 2.05) is 0 Å². The van der Waals surface area contributed by atoms with E-state index in [4.69, 9.17) is 16.6 Å². The first-order valence-electron chi connectivity index (χ1n) is 4.78. The molecule has 0 radical (unpaired) electrons. The summed E-state index contributed by atoms with van der Waals surface area (Å²) in [4.78, 5) is 11.0. The fourth-order valence-corrected chi connectivity index (χ4v) is 1.19. The molecule has 5 N–H and O–H groups in total. The molecule has 0 saturated heterocycles. The summed E-state index contributed by atoms with van der Waals surface area (Å²) >= 11 is 0. The molecule has 82 valence electrons. The molecule has 15 heavy (non-hydrogen) atoms. The van der Waals surface area contributed by atoms with E-state index >= 15 is 0 Å². The summed E-state index contributed by atoms with van der Waals surface area (Å²) in [6.45, 7) is 1.62. The predicted molar refractivity (Wildman–Crippen MR) is 58.2 cm³/mol. The normalized spacial score (nSPS) is 14.5. The maximum atomic E-state index is 11.0. The molecule has 1 rings (SSSR count). The second-order valence-electron chi connectivity index (χ2n) is 3.95. The molecule has 0 aliphatic heterocycles. The monoisotopic (exact) mass is 208 g/mol. The summed E-state index contributed by atoms with van der Waals surface area (Å²) in [6.07, 6.45) is 1.16. The summed E-state index contributed by atoms with van der Waals surface area (Å²) < 4.78 is 0. The van der Waals surface area contributed by atoms with E-state index in [1.54, 1.807) is 31.2 Å². The third kappa shape index (κ3) is 3.25. The van der Waals surface area contributed by atoms with Crippen molar-refractivity contribution in [3.8, 4) is 5.75 Å². The first-order valence-corrected chi connectivity index (χ1v) is 4.78. The van der Waals surface area contributed by atoms with Crippen LogP contribution in [-0.4, -0.2) is 16.6 Å². The second kappa shape index (κ2) is 4.31. The Morgan fingerprint density at radius 3 is 2.40 bits per heavy atom. The van der Waals surface area contributed by atoms with Gasteiger partial charge in [0.2, 0.25) is 5.91 Å². The molecule has 1 aromatic carbocycles. The minimum atomic E-state index is -0.974. The van der Waals surface area contributed by atoms with E-state index in [1.165, 1.54) is 0 Å². The molecule has 0 heterocycles. The van der Waals surface area contributed by atoms with Crippen LogP contribution in [0.5, 0.6) is 5.75 Å². The van der Waals surface area contributed by atoms with Gasteiger partial charge in [-0.15, -0.1) is 0 Å².